The summed E-state index contributed by atoms with van der Waals surface area (Å²) in [5.41, 5.74) is 5.35. The first-order valence-electron chi connectivity index (χ1n) is 5.47. The Morgan fingerprint density at radius 3 is 2.81 bits per heavy atom. The second-order valence-electron chi connectivity index (χ2n) is 4.54. The Morgan fingerprint density at radius 2 is 2.31 bits per heavy atom. The Morgan fingerprint density at radius 1 is 1.69 bits per heavy atom. The topological polar surface area (TPSA) is 63.4 Å². The predicted octanol–water partition coefficient (Wildman–Crippen LogP) is 0.809. The van der Waals surface area contributed by atoms with Crippen molar-refractivity contribution >= 4 is 23.6 Å². The van der Waals surface area contributed by atoms with Gasteiger partial charge >= 0.3 is 0 Å². The average molecular weight is 243 g/mol. The maximum absolute atomic E-state index is 11.9. The van der Waals surface area contributed by atoms with Gasteiger partial charge in [0.1, 0.15) is 5.25 Å². The van der Waals surface area contributed by atoms with Gasteiger partial charge in [-0.1, -0.05) is 6.92 Å². The summed E-state index contributed by atoms with van der Waals surface area (Å²) < 4.78 is -0.334. The molecule has 1 radical (unpaired) electrons. The van der Waals surface area contributed by atoms with Gasteiger partial charge in [0, 0.05) is 17.8 Å². The number of nitrogens with zero attached hydrogens (tertiary/aromatic N) is 1. The Kier molecular flexibility index (Phi) is 4.24. The molecule has 16 heavy (non-hydrogen) atoms. The zero-order valence-corrected chi connectivity index (χ0v) is 10.8. The molecule has 4 nitrogen and oxygen atoms in total. The first-order valence-corrected chi connectivity index (χ1v) is 6.35. The molecule has 2 amide bonds. The smallest absolute Gasteiger partial charge is 0.232 e. The minimum Gasteiger partial charge on any atom is -0.369 e. The molecule has 0 aromatic rings. The number of hydrogen-bond acceptors (Lipinski definition) is 3. The number of carbonyl (C=O) groups is 2. The molecular formula is C11H19N2O2S. The van der Waals surface area contributed by atoms with Gasteiger partial charge in [0.05, 0.1) is 6.42 Å². The van der Waals surface area contributed by atoms with E-state index in [1.165, 1.54) is 11.8 Å². The van der Waals surface area contributed by atoms with Crippen LogP contribution in [0.3, 0.4) is 0 Å². The van der Waals surface area contributed by atoms with E-state index in [2.05, 4.69) is 0 Å². The number of rotatable bonds is 3. The van der Waals surface area contributed by atoms with Crippen LogP contribution in [0.1, 0.15) is 27.2 Å². The molecule has 1 atom stereocenters. The SMILES string of the molecule is CCCN1CC(C(N)=O)SC(C)(C)[CH]C1=O. The summed E-state index contributed by atoms with van der Waals surface area (Å²) in [4.78, 5) is 24.9. The fourth-order valence-corrected chi connectivity index (χ4v) is 3.01. The lowest BCUT2D eigenvalue weighted by Gasteiger charge is -2.22. The lowest BCUT2D eigenvalue weighted by Crippen LogP contribution is -2.40. The van der Waals surface area contributed by atoms with Gasteiger partial charge in [-0.15, -0.1) is 11.8 Å². The van der Waals surface area contributed by atoms with Crippen LogP contribution in [0.25, 0.3) is 0 Å². The first kappa shape index (κ1) is 13.4. The van der Waals surface area contributed by atoms with E-state index in [1.54, 1.807) is 11.3 Å². The van der Waals surface area contributed by atoms with Crippen molar-refractivity contribution in [2.75, 3.05) is 13.1 Å². The third-order valence-electron chi connectivity index (χ3n) is 2.43. The van der Waals surface area contributed by atoms with Crippen LogP contribution in [0.2, 0.25) is 0 Å². The number of carbonyl (C=O) groups excluding carboxylic acids is 2. The highest BCUT2D eigenvalue weighted by atomic mass is 32.2. The predicted molar refractivity (Wildman–Crippen MR) is 65.8 cm³/mol. The monoisotopic (exact) mass is 243 g/mol. The zero-order chi connectivity index (χ0) is 12.3. The van der Waals surface area contributed by atoms with Crippen LogP contribution in [-0.4, -0.2) is 39.8 Å². The highest BCUT2D eigenvalue weighted by Gasteiger charge is 2.36. The second kappa shape index (κ2) is 5.08. The van der Waals surface area contributed by atoms with Crippen molar-refractivity contribution in [1.29, 1.82) is 0 Å². The number of hydrogen-bond donors (Lipinski definition) is 1. The largest absolute Gasteiger partial charge is 0.369 e. The maximum atomic E-state index is 11.9. The van der Waals surface area contributed by atoms with Gasteiger partial charge in [0.25, 0.3) is 0 Å². The molecule has 1 aliphatic rings. The molecule has 0 bridgehead atoms. The van der Waals surface area contributed by atoms with Crippen molar-refractivity contribution in [3.63, 3.8) is 0 Å². The van der Waals surface area contributed by atoms with Gasteiger partial charge in [0.15, 0.2) is 0 Å². The molecule has 2 N–H and O–H groups in total. The number of amides is 2. The van der Waals surface area contributed by atoms with E-state index in [4.69, 9.17) is 5.73 Å². The molecule has 0 aromatic heterocycles. The Bertz CT molecular complexity index is 292. The van der Waals surface area contributed by atoms with Crippen LogP contribution in [-0.2, 0) is 9.59 Å². The van der Waals surface area contributed by atoms with Crippen LogP contribution in [0, 0.1) is 6.42 Å². The fourth-order valence-electron chi connectivity index (χ4n) is 1.74. The molecule has 1 fully saturated rings. The van der Waals surface area contributed by atoms with Crippen LogP contribution in [0.5, 0.6) is 0 Å². The van der Waals surface area contributed by atoms with E-state index in [0.29, 0.717) is 13.1 Å². The van der Waals surface area contributed by atoms with Gasteiger partial charge in [-0.3, -0.25) is 9.59 Å². The minimum absolute atomic E-state index is 0.00287. The van der Waals surface area contributed by atoms with Crippen molar-refractivity contribution in [1.82, 2.24) is 4.90 Å². The Balaban J connectivity index is 2.84. The molecule has 1 unspecified atom stereocenters. The molecule has 1 saturated heterocycles. The van der Waals surface area contributed by atoms with Crippen molar-refractivity contribution in [2.24, 2.45) is 5.73 Å². The molecule has 0 aliphatic carbocycles. The highest BCUT2D eigenvalue weighted by Crippen LogP contribution is 2.35. The number of thioether (sulfide) groups is 1. The van der Waals surface area contributed by atoms with Crippen molar-refractivity contribution < 1.29 is 9.59 Å². The maximum Gasteiger partial charge on any atom is 0.232 e. The van der Waals surface area contributed by atoms with Crippen LogP contribution in [0.4, 0.5) is 0 Å². The molecular weight excluding hydrogens is 224 g/mol. The molecule has 1 rings (SSSR count). The third-order valence-corrected chi connectivity index (χ3v) is 3.82. The van der Waals surface area contributed by atoms with Crippen LogP contribution in [0.15, 0.2) is 0 Å². The van der Waals surface area contributed by atoms with Gasteiger partial charge in [-0.05, 0) is 20.3 Å². The fraction of sp³-hybridized carbons (Fsp3) is 0.727. The van der Waals surface area contributed by atoms with Gasteiger partial charge < -0.3 is 10.6 Å². The summed E-state index contributed by atoms with van der Waals surface area (Å²) in [5, 5.41) is -0.316. The molecule has 0 saturated carbocycles. The normalized spacial score (nSPS) is 25.3. The first-order chi connectivity index (χ1) is 7.35. The summed E-state index contributed by atoms with van der Waals surface area (Å²) >= 11 is 1.46. The molecule has 1 heterocycles. The summed E-state index contributed by atoms with van der Waals surface area (Å²) in [6.07, 6.45) is 2.56. The highest BCUT2D eigenvalue weighted by molar-refractivity contribution is 8.02. The molecule has 5 heteroatoms. The van der Waals surface area contributed by atoms with Gasteiger partial charge in [0.2, 0.25) is 11.8 Å². The lowest BCUT2D eigenvalue weighted by atomic mass is 10.1. The summed E-state index contributed by atoms with van der Waals surface area (Å²) in [6.45, 7) is 6.97. The summed E-state index contributed by atoms with van der Waals surface area (Å²) in [6, 6.07) is 0. The van der Waals surface area contributed by atoms with E-state index in [9.17, 15) is 9.59 Å². The van der Waals surface area contributed by atoms with E-state index >= 15 is 0 Å². The zero-order valence-electron chi connectivity index (χ0n) is 10.0. The number of nitrogens with two attached hydrogens (primary N) is 1. The van der Waals surface area contributed by atoms with Gasteiger partial charge in [-0.2, -0.15) is 0 Å². The van der Waals surface area contributed by atoms with Crippen molar-refractivity contribution in [2.45, 2.75) is 37.2 Å². The number of primary amides is 1. The lowest BCUT2D eigenvalue weighted by molar-refractivity contribution is -0.128. The third kappa shape index (κ3) is 3.40. The van der Waals surface area contributed by atoms with E-state index in [0.717, 1.165) is 6.42 Å². The van der Waals surface area contributed by atoms with E-state index < -0.39 is 0 Å². The Hall–Kier alpha value is -0.710. The van der Waals surface area contributed by atoms with Crippen molar-refractivity contribution in [3.8, 4) is 0 Å². The quantitative estimate of drug-likeness (QED) is 0.798. The van der Waals surface area contributed by atoms with Crippen LogP contribution < -0.4 is 5.73 Å². The van der Waals surface area contributed by atoms with Gasteiger partial charge in [-0.25, -0.2) is 0 Å². The van der Waals surface area contributed by atoms with Crippen LogP contribution >= 0.6 is 11.8 Å². The summed E-state index contributed by atoms with van der Waals surface area (Å²) in [5.74, 6) is -0.342. The standard InChI is InChI=1S/C11H19N2O2S/c1-4-5-13-7-8(10(12)15)16-11(2,3)6-9(13)14/h6,8H,4-5,7H2,1-3H3,(H2,12,15). The summed E-state index contributed by atoms with van der Waals surface area (Å²) in [7, 11) is 0. The minimum atomic E-state index is -0.345. The average Bonchev–Trinajstić information content (AvgIpc) is 2.24. The molecule has 1 aliphatic heterocycles. The molecule has 0 aromatic carbocycles. The van der Waals surface area contributed by atoms with E-state index in [1.807, 2.05) is 20.8 Å². The molecule has 91 valence electrons. The Labute approximate surface area is 101 Å². The van der Waals surface area contributed by atoms with Crippen molar-refractivity contribution in [3.05, 3.63) is 6.42 Å². The molecule has 0 spiro atoms. The van der Waals surface area contributed by atoms with E-state index in [-0.39, 0.29) is 21.8 Å². The second-order valence-corrected chi connectivity index (χ2v) is 6.40.